The van der Waals surface area contributed by atoms with Crippen LogP contribution in [0.15, 0.2) is 48.5 Å². The first-order valence-electron chi connectivity index (χ1n) is 12.1. The molecule has 1 saturated heterocycles. The normalized spacial score (nSPS) is 23.1. The van der Waals surface area contributed by atoms with Crippen molar-refractivity contribution in [3.8, 4) is 11.1 Å². The minimum atomic E-state index is -0.867. The van der Waals surface area contributed by atoms with Gasteiger partial charge in [-0.05, 0) is 53.9 Å². The second-order valence-corrected chi connectivity index (χ2v) is 9.59. The molecule has 2 amide bonds. The summed E-state index contributed by atoms with van der Waals surface area (Å²) in [6, 6.07) is 16.2. The fraction of sp³-hybridized carbons (Fsp3) is 0.444. The maximum atomic E-state index is 12.9. The van der Waals surface area contributed by atoms with Gasteiger partial charge in [-0.3, -0.25) is 9.59 Å². The van der Waals surface area contributed by atoms with Crippen LogP contribution in [-0.2, 0) is 14.3 Å². The number of carboxylic acid groups (broad SMARTS) is 1. The van der Waals surface area contributed by atoms with Crippen LogP contribution in [0.5, 0.6) is 0 Å². The van der Waals surface area contributed by atoms with E-state index in [1.54, 1.807) is 4.90 Å². The molecule has 7 nitrogen and oxygen atoms in total. The third kappa shape index (κ3) is 4.52. The Bertz CT molecular complexity index is 1050. The van der Waals surface area contributed by atoms with Gasteiger partial charge in [0.15, 0.2) is 0 Å². The van der Waals surface area contributed by atoms with E-state index in [1.807, 2.05) is 24.3 Å². The number of nitrogens with zero attached hydrogens (tertiary/aromatic N) is 1. The molecule has 2 fully saturated rings. The third-order valence-corrected chi connectivity index (χ3v) is 7.41. The Morgan fingerprint density at radius 3 is 2.35 bits per heavy atom. The first-order valence-corrected chi connectivity index (χ1v) is 12.1. The number of alkyl carbamates (subject to hydrolysis) is 1. The zero-order valence-electron chi connectivity index (χ0n) is 19.1. The van der Waals surface area contributed by atoms with Gasteiger partial charge in [-0.15, -0.1) is 0 Å². The summed E-state index contributed by atoms with van der Waals surface area (Å²) in [4.78, 5) is 38.3. The molecule has 0 aromatic heterocycles. The maximum absolute atomic E-state index is 12.9. The summed E-state index contributed by atoms with van der Waals surface area (Å²) in [5, 5.41) is 12.0. The molecule has 178 valence electrons. The maximum Gasteiger partial charge on any atom is 0.407 e. The molecule has 0 bridgehead atoms. The number of rotatable bonds is 7. The van der Waals surface area contributed by atoms with Gasteiger partial charge in [0.05, 0.1) is 6.42 Å². The molecule has 34 heavy (non-hydrogen) atoms. The van der Waals surface area contributed by atoms with Crippen molar-refractivity contribution in [2.24, 2.45) is 11.8 Å². The van der Waals surface area contributed by atoms with E-state index >= 15 is 0 Å². The van der Waals surface area contributed by atoms with Gasteiger partial charge in [-0.2, -0.15) is 0 Å². The highest BCUT2D eigenvalue weighted by Crippen LogP contribution is 2.44. The Morgan fingerprint density at radius 1 is 1.00 bits per heavy atom. The summed E-state index contributed by atoms with van der Waals surface area (Å²) < 4.78 is 5.58. The highest BCUT2D eigenvalue weighted by molar-refractivity contribution is 5.83. The number of ether oxygens (including phenoxy) is 1. The van der Waals surface area contributed by atoms with Crippen LogP contribution in [0.3, 0.4) is 0 Å². The second-order valence-electron chi connectivity index (χ2n) is 9.59. The molecule has 3 aliphatic rings. The molecule has 0 unspecified atom stereocenters. The van der Waals surface area contributed by atoms with Gasteiger partial charge in [-0.25, -0.2) is 4.79 Å². The quantitative estimate of drug-likeness (QED) is 0.648. The molecule has 7 heteroatoms. The second kappa shape index (κ2) is 9.49. The number of nitrogens with one attached hydrogen (secondary N) is 1. The first kappa shape index (κ1) is 22.4. The lowest BCUT2D eigenvalue weighted by Crippen LogP contribution is -2.45. The number of piperidine rings is 1. The van der Waals surface area contributed by atoms with Crippen LogP contribution < -0.4 is 5.32 Å². The molecule has 1 heterocycles. The van der Waals surface area contributed by atoms with E-state index in [4.69, 9.17) is 9.84 Å². The van der Waals surface area contributed by atoms with Crippen LogP contribution in [-0.4, -0.2) is 53.7 Å². The SMILES string of the molecule is O=C(O)C[C@H]1CCCCN1C(=O)[C@H]1C[C@H]1CNC(=O)OCC1c2ccccc2-c2ccccc21. The van der Waals surface area contributed by atoms with Gasteiger partial charge in [0, 0.05) is 31.0 Å². The van der Waals surface area contributed by atoms with Crippen LogP contribution in [0.4, 0.5) is 4.79 Å². The van der Waals surface area contributed by atoms with Gasteiger partial charge in [0.1, 0.15) is 6.61 Å². The van der Waals surface area contributed by atoms with Gasteiger partial charge in [-0.1, -0.05) is 48.5 Å². The number of likely N-dealkylation sites (tertiary alicyclic amines) is 1. The number of amides is 2. The summed E-state index contributed by atoms with van der Waals surface area (Å²) in [6.45, 7) is 1.28. The minimum absolute atomic E-state index is 0.00112. The lowest BCUT2D eigenvalue weighted by molar-refractivity contribution is -0.142. The number of benzene rings is 2. The van der Waals surface area contributed by atoms with Gasteiger partial charge in [0.25, 0.3) is 0 Å². The van der Waals surface area contributed by atoms with Crippen molar-refractivity contribution in [2.45, 2.75) is 44.1 Å². The standard InChI is InChI=1S/C27H30N2O5/c30-25(31)14-18-7-5-6-12-29(18)26(32)23-13-17(23)15-28-27(33)34-16-24-21-10-3-1-8-19(21)20-9-2-4-11-22(20)24/h1-4,8-11,17-18,23-24H,5-7,12-16H2,(H,28,33)(H,30,31)/t17-,18+,23-/m0/s1. The first-order chi connectivity index (χ1) is 16.5. The Labute approximate surface area is 199 Å². The summed E-state index contributed by atoms with van der Waals surface area (Å²) in [7, 11) is 0. The number of carbonyl (C=O) groups is 3. The lowest BCUT2D eigenvalue weighted by Gasteiger charge is -2.35. The summed E-state index contributed by atoms with van der Waals surface area (Å²) in [6.07, 6.45) is 2.87. The van der Waals surface area contributed by atoms with Crippen molar-refractivity contribution in [3.05, 3.63) is 59.7 Å². The Kier molecular flexibility index (Phi) is 6.26. The summed E-state index contributed by atoms with van der Waals surface area (Å²) >= 11 is 0. The average molecular weight is 463 g/mol. The molecule has 2 aromatic carbocycles. The number of carboxylic acids is 1. The number of aliphatic carboxylic acids is 1. The fourth-order valence-corrected chi connectivity index (χ4v) is 5.56. The van der Waals surface area contributed by atoms with E-state index in [1.165, 1.54) is 22.3 Å². The van der Waals surface area contributed by atoms with Crippen LogP contribution in [0.1, 0.15) is 49.1 Å². The zero-order valence-corrected chi connectivity index (χ0v) is 19.1. The lowest BCUT2D eigenvalue weighted by atomic mass is 9.98. The molecule has 2 N–H and O–H groups in total. The van der Waals surface area contributed by atoms with E-state index in [9.17, 15) is 14.4 Å². The van der Waals surface area contributed by atoms with Crippen molar-refractivity contribution in [1.82, 2.24) is 10.2 Å². The fourth-order valence-electron chi connectivity index (χ4n) is 5.56. The van der Waals surface area contributed by atoms with E-state index in [2.05, 4.69) is 29.6 Å². The van der Waals surface area contributed by atoms with Crippen LogP contribution in [0, 0.1) is 11.8 Å². The highest BCUT2D eigenvalue weighted by Gasteiger charge is 2.46. The van der Waals surface area contributed by atoms with Gasteiger partial charge in [0.2, 0.25) is 5.91 Å². The van der Waals surface area contributed by atoms with Gasteiger partial charge >= 0.3 is 12.1 Å². The Hall–Kier alpha value is -3.35. The van der Waals surface area contributed by atoms with Crippen molar-refractivity contribution >= 4 is 18.0 Å². The van der Waals surface area contributed by atoms with E-state index in [0.717, 1.165) is 25.7 Å². The topological polar surface area (TPSA) is 95.9 Å². The minimum Gasteiger partial charge on any atom is -0.481 e. The Balaban J connectivity index is 1.11. The van der Waals surface area contributed by atoms with E-state index in [0.29, 0.717) is 13.1 Å². The van der Waals surface area contributed by atoms with Crippen LogP contribution >= 0.6 is 0 Å². The molecule has 1 saturated carbocycles. The smallest absolute Gasteiger partial charge is 0.407 e. The van der Waals surface area contributed by atoms with Crippen molar-refractivity contribution in [2.75, 3.05) is 19.7 Å². The average Bonchev–Trinajstić information content (AvgIpc) is 3.56. The van der Waals surface area contributed by atoms with Crippen LogP contribution in [0.2, 0.25) is 0 Å². The largest absolute Gasteiger partial charge is 0.481 e. The van der Waals surface area contributed by atoms with Crippen LogP contribution in [0.25, 0.3) is 11.1 Å². The molecule has 5 rings (SSSR count). The number of hydrogen-bond donors (Lipinski definition) is 2. The highest BCUT2D eigenvalue weighted by atomic mass is 16.5. The van der Waals surface area contributed by atoms with Crippen molar-refractivity contribution < 1.29 is 24.2 Å². The monoisotopic (exact) mass is 462 g/mol. The molecule has 2 aliphatic carbocycles. The van der Waals surface area contributed by atoms with E-state index < -0.39 is 12.1 Å². The summed E-state index contributed by atoms with van der Waals surface area (Å²) in [5.74, 6) is -0.874. The number of hydrogen-bond acceptors (Lipinski definition) is 4. The molecule has 0 radical (unpaired) electrons. The molecule has 1 aliphatic heterocycles. The van der Waals surface area contributed by atoms with Gasteiger partial charge < -0.3 is 20.1 Å². The third-order valence-electron chi connectivity index (χ3n) is 7.41. The molecular weight excluding hydrogens is 432 g/mol. The number of carbonyl (C=O) groups excluding carboxylic acids is 2. The molecule has 3 atom stereocenters. The summed E-state index contributed by atoms with van der Waals surface area (Å²) in [5.41, 5.74) is 4.71. The van der Waals surface area contributed by atoms with Crippen molar-refractivity contribution in [1.29, 1.82) is 0 Å². The molecular formula is C27H30N2O5. The molecule has 2 aromatic rings. The predicted octanol–water partition coefficient (Wildman–Crippen LogP) is 4.02. The molecule has 0 spiro atoms. The zero-order chi connectivity index (χ0) is 23.7. The predicted molar refractivity (Wildman–Crippen MR) is 126 cm³/mol. The Morgan fingerprint density at radius 2 is 1.68 bits per heavy atom. The van der Waals surface area contributed by atoms with E-state index in [-0.39, 0.29) is 42.7 Å². The van der Waals surface area contributed by atoms with Crippen molar-refractivity contribution in [3.63, 3.8) is 0 Å². The number of fused-ring (bicyclic) bond motifs is 3.